The summed E-state index contributed by atoms with van der Waals surface area (Å²) in [6, 6.07) is 10.4. The highest BCUT2D eigenvalue weighted by atomic mass is 15.3. The maximum Gasteiger partial charge on any atom is 0.121 e. The molecule has 1 heterocycles. The maximum absolute atomic E-state index is 5.72. The van der Waals surface area contributed by atoms with E-state index in [2.05, 4.69) is 36.3 Å². The molecule has 3 heteroatoms. The van der Waals surface area contributed by atoms with Crippen molar-refractivity contribution in [1.82, 2.24) is 9.78 Å². The molecule has 1 aromatic carbocycles. The van der Waals surface area contributed by atoms with Crippen molar-refractivity contribution in [3.8, 4) is 0 Å². The molecule has 0 aliphatic heterocycles. The highest BCUT2D eigenvalue weighted by Gasteiger charge is 2.02. The molecule has 3 nitrogen and oxygen atoms in total. The van der Waals surface area contributed by atoms with Crippen molar-refractivity contribution in [3.05, 3.63) is 47.2 Å². The van der Waals surface area contributed by atoms with Crippen LogP contribution in [-0.4, -0.2) is 9.78 Å². The SMILES string of the molecule is Cc1ccc(Cc2cc(N)n(C)n2)cc1. The molecule has 15 heavy (non-hydrogen) atoms. The summed E-state index contributed by atoms with van der Waals surface area (Å²) >= 11 is 0. The lowest BCUT2D eigenvalue weighted by Gasteiger charge is -1.98. The molecule has 0 aliphatic carbocycles. The van der Waals surface area contributed by atoms with Gasteiger partial charge in [-0.25, -0.2) is 0 Å². The van der Waals surface area contributed by atoms with Gasteiger partial charge in [0.25, 0.3) is 0 Å². The lowest BCUT2D eigenvalue weighted by atomic mass is 10.1. The number of anilines is 1. The van der Waals surface area contributed by atoms with Gasteiger partial charge in [0.15, 0.2) is 0 Å². The van der Waals surface area contributed by atoms with E-state index in [9.17, 15) is 0 Å². The van der Waals surface area contributed by atoms with E-state index < -0.39 is 0 Å². The number of aryl methyl sites for hydroxylation is 2. The molecule has 0 fully saturated rings. The predicted molar refractivity (Wildman–Crippen MR) is 61.6 cm³/mol. The van der Waals surface area contributed by atoms with Gasteiger partial charge in [-0.1, -0.05) is 29.8 Å². The van der Waals surface area contributed by atoms with Gasteiger partial charge in [-0.2, -0.15) is 5.10 Å². The number of aromatic nitrogens is 2. The van der Waals surface area contributed by atoms with Crippen LogP contribution in [0.1, 0.15) is 16.8 Å². The summed E-state index contributed by atoms with van der Waals surface area (Å²) in [5.41, 5.74) is 9.27. The van der Waals surface area contributed by atoms with Crippen LogP contribution < -0.4 is 5.73 Å². The molecule has 0 saturated heterocycles. The number of hydrogen-bond donors (Lipinski definition) is 1. The normalized spacial score (nSPS) is 10.5. The highest BCUT2D eigenvalue weighted by Crippen LogP contribution is 2.11. The minimum Gasteiger partial charge on any atom is -0.384 e. The van der Waals surface area contributed by atoms with Crippen LogP contribution >= 0.6 is 0 Å². The average molecular weight is 201 g/mol. The number of nitrogens with zero attached hydrogens (tertiary/aromatic N) is 2. The van der Waals surface area contributed by atoms with Crippen molar-refractivity contribution >= 4 is 5.82 Å². The number of nitrogens with two attached hydrogens (primary N) is 1. The number of benzene rings is 1. The van der Waals surface area contributed by atoms with Crippen LogP contribution in [0.25, 0.3) is 0 Å². The molecule has 0 radical (unpaired) electrons. The van der Waals surface area contributed by atoms with Gasteiger partial charge in [-0.15, -0.1) is 0 Å². The van der Waals surface area contributed by atoms with Gasteiger partial charge in [0.2, 0.25) is 0 Å². The number of nitrogen functional groups attached to an aromatic ring is 1. The standard InChI is InChI=1S/C12H15N3/c1-9-3-5-10(6-4-9)7-11-8-12(13)15(2)14-11/h3-6,8H,7,13H2,1-2H3. The highest BCUT2D eigenvalue weighted by molar-refractivity contribution is 5.33. The van der Waals surface area contributed by atoms with Crippen LogP contribution in [0.2, 0.25) is 0 Å². The number of hydrogen-bond acceptors (Lipinski definition) is 2. The monoisotopic (exact) mass is 201 g/mol. The fraction of sp³-hybridized carbons (Fsp3) is 0.250. The number of rotatable bonds is 2. The van der Waals surface area contributed by atoms with Gasteiger partial charge >= 0.3 is 0 Å². The zero-order valence-electron chi connectivity index (χ0n) is 9.07. The summed E-state index contributed by atoms with van der Waals surface area (Å²) in [6.07, 6.45) is 0.839. The zero-order valence-corrected chi connectivity index (χ0v) is 9.07. The molecule has 0 bridgehead atoms. The molecule has 0 unspecified atom stereocenters. The lowest BCUT2D eigenvalue weighted by molar-refractivity contribution is 0.759. The molecule has 1 aromatic heterocycles. The summed E-state index contributed by atoms with van der Waals surface area (Å²) in [5, 5.41) is 4.32. The van der Waals surface area contributed by atoms with E-state index >= 15 is 0 Å². The van der Waals surface area contributed by atoms with Crippen LogP contribution in [0.3, 0.4) is 0 Å². The molecule has 0 saturated carbocycles. The predicted octanol–water partition coefficient (Wildman–Crippen LogP) is 1.90. The fourth-order valence-electron chi connectivity index (χ4n) is 1.54. The molecule has 0 amide bonds. The van der Waals surface area contributed by atoms with Crippen LogP contribution in [0.5, 0.6) is 0 Å². The van der Waals surface area contributed by atoms with E-state index in [0.717, 1.165) is 12.1 Å². The van der Waals surface area contributed by atoms with Crippen molar-refractivity contribution in [2.45, 2.75) is 13.3 Å². The quantitative estimate of drug-likeness (QED) is 0.806. The Hall–Kier alpha value is -1.77. The van der Waals surface area contributed by atoms with Gasteiger partial charge in [-0.3, -0.25) is 4.68 Å². The molecular weight excluding hydrogens is 186 g/mol. The minimum absolute atomic E-state index is 0.706. The van der Waals surface area contributed by atoms with Crippen LogP contribution in [0, 0.1) is 6.92 Å². The average Bonchev–Trinajstić information content (AvgIpc) is 2.50. The Labute approximate surface area is 89.5 Å². The second-order valence-electron chi connectivity index (χ2n) is 3.85. The Morgan fingerprint density at radius 1 is 1.27 bits per heavy atom. The first-order chi connectivity index (χ1) is 7.15. The zero-order chi connectivity index (χ0) is 10.8. The van der Waals surface area contributed by atoms with E-state index in [4.69, 9.17) is 5.73 Å². The van der Waals surface area contributed by atoms with E-state index in [1.807, 2.05) is 13.1 Å². The lowest BCUT2D eigenvalue weighted by Crippen LogP contribution is -1.97. The van der Waals surface area contributed by atoms with Crippen molar-refractivity contribution in [2.24, 2.45) is 7.05 Å². The van der Waals surface area contributed by atoms with Crippen molar-refractivity contribution in [3.63, 3.8) is 0 Å². The Kier molecular flexibility index (Phi) is 2.46. The third-order valence-corrected chi connectivity index (χ3v) is 2.47. The molecule has 0 aliphatic rings. The molecule has 0 atom stereocenters. The molecule has 2 N–H and O–H groups in total. The minimum atomic E-state index is 0.706. The smallest absolute Gasteiger partial charge is 0.121 e. The van der Waals surface area contributed by atoms with Crippen LogP contribution in [0.15, 0.2) is 30.3 Å². The Morgan fingerprint density at radius 2 is 1.93 bits per heavy atom. The largest absolute Gasteiger partial charge is 0.384 e. The molecule has 2 aromatic rings. The summed E-state index contributed by atoms with van der Waals surface area (Å²) in [7, 11) is 1.86. The van der Waals surface area contributed by atoms with E-state index in [-0.39, 0.29) is 0 Å². The van der Waals surface area contributed by atoms with Gasteiger partial charge in [-0.05, 0) is 12.5 Å². The summed E-state index contributed by atoms with van der Waals surface area (Å²) < 4.78 is 1.70. The second kappa shape index (κ2) is 3.77. The first-order valence-electron chi connectivity index (χ1n) is 4.99. The summed E-state index contributed by atoms with van der Waals surface area (Å²) in [4.78, 5) is 0. The molecule has 0 spiro atoms. The topological polar surface area (TPSA) is 43.8 Å². The van der Waals surface area contributed by atoms with E-state index in [1.165, 1.54) is 11.1 Å². The Bertz CT molecular complexity index is 435. The van der Waals surface area contributed by atoms with Crippen LogP contribution in [0.4, 0.5) is 5.82 Å². The van der Waals surface area contributed by atoms with Gasteiger partial charge < -0.3 is 5.73 Å². The van der Waals surface area contributed by atoms with Crippen molar-refractivity contribution in [1.29, 1.82) is 0 Å². The van der Waals surface area contributed by atoms with Crippen LogP contribution in [-0.2, 0) is 13.5 Å². The van der Waals surface area contributed by atoms with Gasteiger partial charge in [0.05, 0.1) is 5.69 Å². The first-order valence-corrected chi connectivity index (χ1v) is 4.99. The van der Waals surface area contributed by atoms with Crippen molar-refractivity contribution < 1.29 is 0 Å². The molecular formula is C12H15N3. The summed E-state index contributed by atoms with van der Waals surface area (Å²) in [6.45, 7) is 2.09. The van der Waals surface area contributed by atoms with Gasteiger partial charge in [0, 0.05) is 19.5 Å². The third-order valence-electron chi connectivity index (χ3n) is 2.47. The summed E-state index contributed by atoms with van der Waals surface area (Å²) in [5.74, 6) is 0.706. The van der Waals surface area contributed by atoms with Gasteiger partial charge in [0.1, 0.15) is 5.82 Å². The second-order valence-corrected chi connectivity index (χ2v) is 3.85. The van der Waals surface area contributed by atoms with E-state index in [0.29, 0.717) is 5.82 Å². The van der Waals surface area contributed by atoms with Crippen molar-refractivity contribution in [2.75, 3.05) is 5.73 Å². The Balaban J connectivity index is 2.18. The first kappa shape index (κ1) is 9.77. The Morgan fingerprint density at radius 3 is 2.47 bits per heavy atom. The molecule has 2 rings (SSSR count). The fourth-order valence-corrected chi connectivity index (χ4v) is 1.54. The third kappa shape index (κ3) is 2.18. The van der Waals surface area contributed by atoms with E-state index in [1.54, 1.807) is 4.68 Å². The molecule has 78 valence electrons. The maximum atomic E-state index is 5.72.